The Hall–Kier alpha value is -2.02. The highest BCUT2D eigenvalue weighted by Crippen LogP contribution is 2.32. The molecule has 0 amide bonds. The largest absolute Gasteiger partial charge is 0.496 e. The summed E-state index contributed by atoms with van der Waals surface area (Å²) in [5.74, 6) is 0.741. The van der Waals surface area contributed by atoms with E-state index in [0.717, 1.165) is 4.90 Å². The predicted molar refractivity (Wildman–Crippen MR) is 73.6 cm³/mol. The van der Waals surface area contributed by atoms with Crippen molar-refractivity contribution < 1.29 is 23.0 Å². The van der Waals surface area contributed by atoms with Gasteiger partial charge in [0.2, 0.25) is 0 Å². The van der Waals surface area contributed by atoms with E-state index in [1.807, 2.05) is 0 Å². The van der Waals surface area contributed by atoms with Gasteiger partial charge in [0.25, 0.3) is 0 Å². The number of benzene rings is 1. The summed E-state index contributed by atoms with van der Waals surface area (Å²) in [4.78, 5) is 5.06. The number of ether oxygens (including phenoxy) is 1. The predicted octanol–water partition coefficient (Wildman–Crippen LogP) is 2.60. The maximum absolute atomic E-state index is 12.7. The summed E-state index contributed by atoms with van der Waals surface area (Å²) in [6.07, 6.45) is -2.95. The van der Waals surface area contributed by atoms with E-state index < -0.39 is 19.3 Å². The lowest BCUT2D eigenvalue weighted by atomic mass is 10.1. The molecule has 0 aliphatic carbocycles. The third kappa shape index (κ3) is 3.55. The SMILES string of the molecule is COc1cccc2c(N(CCO)CC(F)(F)F)nccc12. The summed E-state index contributed by atoms with van der Waals surface area (Å²) >= 11 is 0. The van der Waals surface area contributed by atoms with Gasteiger partial charge < -0.3 is 14.7 Å². The van der Waals surface area contributed by atoms with Crippen LogP contribution < -0.4 is 9.64 Å². The maximum Gasteiger partial charge on any atom is 0.405 e. The lowest BCUT2D eigenvalue weighted by molar-refractivity contribution is -0.119. The molecular weight excluding hydrogens is 285 g/mol. The number of nitrogens with zero attached hydrogens (tertiary/aromatic N) is 2. The summed E-state index contributed by atoms with van der Waals surface area (Å²) in [5.41, 5.74) is 0. The Kier molecular flexibility index (Phi) is 4.52. The summed E-state index contributed by atoms with van der Waals surface area (Å²) in [6, 6.07) is 6.78. The van der Waals surface area contributed by atoms with Gasteiger partial charge in [0.05, 0.1) is 13.7 Å². The van der Waals surface area contributed by atoms with Gasteiger partial charge in [-0.3, -0.25) is 0 Å². The number of hydrogen-bond donors (Lipinski definition) is 1. The van der Waals surface area contributed by atoms with Gasteiger partial charge >= 0.3 is 6.18 Å². The molecule has 0 aliphatic heterocycles. The first-order chi connectivity index (χ1) is 9.96. The van der Waals surface area contributed by atoms with Crippen molar-refractivity contribution in [3.05, 3.63) is 30.5 Å². The van der Waals surface area contributed by atoms with Crippen molar-refractivity contribution in [2.45, 2.75) is 6.18 Å². The first-order valence-corrected chi connectivity index (χ1v) is 6.30. The first kappa shape index (κ1) is 15.4. The van der Waals surface area contributed by atoms with Crippen molar-refractivity contribution in [1.29, 1.82) is 0 Å². The molecule has 4 nitrogen and oxygen atoms in total. The van der Waals surface area contributed by atoms with Crippen LogP contribution in [0, 0.1) is 0 Å². The molecule has 2 aromatic rings. The van der Waals surface area contributed by atoms with Crippen molar-refractivity contribution in [3.63, 3.8) is 0 Å². The van der Waals surface area contributed by atoms with Crippen LogP contribution in [0.25, 0.3) is 10.8 Å². The molecule has 0 spiro atoms. The number of hydrogen-bond acceptors (Lipinski definition) is 4. The van der Waals surface area contributed by atoms with E-state index in [-0.39, 0.29) is 12.4 Å². The van der Waals surface area contributed by atoms with Crippen molar-refractivity contribution in [1.82, 2.24) is 4.98 Å². The molecule has 0 radical (unpaired) electrons. The van der Waals surface area contributed by atoms with E-state index in [0.29, 0.717) is 16.5 Å². The number of alkyl halides is 3. The second-order valence-electron chi connectivity index (χ2n) is 4.45. The Balaban J connectivity index is 2.52. The fraction of sp³-hybridized carbons (Fsp3) is 0.357. The van der Waals surface area contributed by atoms with Gasteiger partial charge in [0.1, 0.15) is 18.1 Å². The van der Waals surface area contributed by atoms with Gasteiger partial charge in [-0.15, -0.1) is 0 Å². The minimum absolute atomic E-state index is 0.150. The molecule has 7 heteroatoms. The third-order valence-electron chi connectivity index (χ3n) is 3.00. The smallest absolute Gasteiger partial charge is 0.405 e. The van der Waals surface area contributed by atoms with E-state index in [9.17, 15) is 13.2 Å². The third-order valence-corrected chi connectivity index (χ3v) is 3.00. The molecule has 114 valence electrons. The molecule has 0 fully saturated rings. The second-order valence-corrected chi connectivity index (χ2v) is 4.45. The lowest BCUT2D eigenvalue weighted by Crippen LogP contribution is -2.36. The zero-order valence-electron chi connectivity index (χ0n) is 11.4. The topological polar surface area (TPSA) is 45.6 Å². The van der Waals surface area contributed by atoms with Crippen LogP contribution in [-0.2, 0) is 0 Å². The molecular formula is C14H15F3N2O2. The number of pyridine rings is 1. The minimum atomic E-state index is -4.38. The Labute approximate surface area is 119 Å². The zero-order valence-corrected chi connectivity index (χ0v) is 11.4. The molecule has 1 heterocycles. The first-order valence-electron chi connectivity index (χ1n) is 6.30. The second kappa shape index (κ2) is 6.17. The summed E-state index contributed by atoms with van der Waals surface area (Å²) < 4.78 is 43.3. The van der Waals surface area contributed by atoms with Gasteiger partial charge in [0.15, 0.2) is 0 Å². The minimum Gasteiger partial charge on any atom is -0.496 e. The number of aliphatic hydroxyl groups is 1. The van der Waals surface area contributed by atoms with E-state index in [1.54, 1.807) is 24.3 Å². The normalized spacial score (nSPS) is 11.7. The van der Waals surface area contributed by atoms with Crippen LogP contribution >= 0.6 is 0 Å². The zero-order chi connectivity index (χ0) is 15.5. The Morgan fingerprint density at radius 1 is 1.24 bits per heavy atom. The number of aromatic nitrogens is 1. The highest BCUT2D eigenvalue weighted by atomic mass is 19.4. The maximum atomic E-state index is 12.7. The molecule has 0 atom stereocenters. The van der Waals surface area contributed by atoms with Crippen LogP contribution in [0.1, 0.15) is 0 Å². The molecule has 0 bridgehead atoms. The Bertz CT molecular complexity index is 617. The molecule has 1 N–H and O–H groups in total. The monoisotopic (exact) mass is 300 g/mol. The number of halogens is 3. The standard InChI is InChI=1S/C14H15F3N2O2/c1-21-12-4-2-3-11-10(12)5-6-18-13(11)19(7-8-20)9-14(15,16)17/h2-6,20H,7-9H2,1H3. The van der Waals surface area contributed by atoms with Crippen LogP contribution in [0.2, 0.25) is 0 Å². The van der Waals surface area contributed by atoms with Crippen LogP contribution in [0.3, 0.4) is 0 Å². The van der Waals surface area contributed by atoms with E-state index >= 15 is 0 Å². The van der Waals surface area contributed by atoms with Crippen molar-refractivity contribution in [2.24, 2.45) is 0 Å². The average molecular weight is 300 g/mol. The Morgan fingerprint density at radius 2 is 2.00 bits per heavy atom. The molecule has 0 aliphatic rings. The highest BCUT2D eigenvalue weighted by Gasteiger charge is 2.31. The summed E-state index contributed by atoms with van der Waals surface area (Å²) in [6.45, 7) is -1.71. The van der Waals surface area contributed by atoms with Crippen molar-refractivity contribution in [2.75, 3.05) is 31.7 Å². The number of anilines is 1. The number of aliphatic hydroxyl groups excluding tert-OH is 1. The fourth-order valence-electron chi connectivity index (χ4n) is 2.19. The summed E-state index contributed by atoms with van der Waals surface area (Å²) in [5, 5.41) is 10.2. The van der Waals surface area contributed by atoms with E-state index in [4.69, 9.17) is 9.84 Å². The van der Waals surface area contributed by atoms with Crippen LogP contribution in [0.4, 0.5) is 19.0 Å². The Morgan fingerprint density at radius 3 is 2.62 bits per heavy atom. The van der Waals surface area contributed by atoms with Gasteiger partial charge in [-0.05, 0) is 12.1 Å². The van der Waals surface area contributed by atoms with Gasteiger partial charge in [-0.1, -0.05) is 12.1 Å². The molecule has 1 aromatic heterocycles. The highest BCUT2D eigenvalue weighted by molar-refractivity contribution is 5.96. The number of fused-ring (bicyclic) bond motifs is 1. The molecule has 1 aromatic carbocycles. The molecule has 0 saturated heterocycles. The van der Waals surface area contributed by atoms with Gasteiger partial charge in [-0.2, -0.15) is 13.2 Å². The molecule has 2 rings (SSSR count). The molecule has 21 heavy (non-hydrogen) atoms. The van der Waals surface area contributed by atoms with Gasteiger partial charge in [0, 0.05) is 23.5 Å². The number of rotatable bonds is 5. The fourth-order valence-corrected chi connectivity index (χ4v) is 2.19. The van der Waals surface area contributed by atoms with Crippen molar-refractivity contribution in [3.8, 4) is 5.75 Å². The number of methoxy groups -OCH3 is 1. The van der Waals surface area contributed by atoms with E-state index in [2.05, 4.69) is 4.98 Å². The summed E-state index contributed by atoms with van der Waals surface area (Å²) in [7, 11) is 1.50. The van der Waals surface area contributed by atoms with Gasteiger partial charge in [-0.25, -0.2) is 4.98 Å². The lowest BCUT2D eigenvalue weighted by Gasteiger charge is -2.25. The van der Waals surface area contributed by atoms with Crippen LogP contribution in [0.5, 0.6) is 5.75 Å². The van der Waals surface area contributed by atoms with E-state index in [1.165, 1.54) is 13.3 Å². The molecule has 0 saturated carbocycles. The quantitative estimate of drug-likeness (QED) is 0.922. The van der Waals surface area contributed by atoms with Crippen LogP contribution in [-0.4, -0.2) is 43.1 Å². The average Bonchev–Trinajstić information content (AvgIpc) is 2.44. The van der Waals surface area contributed by atoms with Crippen LogP contribution in [0.15, 0.2) is 30.5 Å². The molecule has 0 unspecified atom stereocenters. The van der Waals surface area contributed by atoms with Crippen molar-refractivity contribution >= 4 is 16.6 Å².